The molecule has 0 aliphatic carbocycles. The maximum atomic E-state index is 5.87. The van der Waals surface area contributed by atoms with Crippen molar-refractivity contribution in [2.45, 2.75) is 20.4 Å². The Balaban J connectivity index is 1.97. The summed E-state index contributed by atoms with van der Waals surface area (Å²) in [7, 11) is 0. The number of aryl methyl sites for hydroxylation is 2. The van der Waals surface area contributed by atoms with Crippen LogP contribution in [-0.4, -0.2) is 5.11 Å². The Labute approximate surface area is 144 Å². The molecule has 2 aromatic carbocycles. The van der Waals surface area contributed by atoms with Crippen LogP contribution >= 0.6 is 39.7 Å². The summed E-state index contributed by atoms with van der Waals surface area (Å²) in [5.74, 6) is 0. The Kier molecular flexibility index (Phi) is 5.62. The molecule has 0 aromatic heterocycles. The molecule has 0 atom stereocenters. The fraction of sp³-hybridized carbons (Fsp3) is 0.188. The van der Waals surface area contributed by atoms with E-state index in [4.69, 9.17) is 23.8 Å². The molecular weight excluding hydrogens is 368 g/mol. The number of hydrogen-bond donors (Lipinski definition) is 2. The molecule has 0 fully saturated rings. The largest absolute Gasteiger partial charge is 0.358 e. The highest BCUT2D eigenvalue weighted by Crippen LogP contribution is 2.25. The van der Waals surface area contributed by atoms with Crippen molar-refractivity contribution < 1.29 is 0 Å². The van der Waals surface area contributed by atoms with Crippen molar-refractivity contribution in [2.75, 3.05) is 5.32 Å². The third kappa shape index (κ3) is 4.70. The zero-order chi connectivity index (χ0) is 15.4. The maximum Gasteiger partial charge on any atom is 0.171 e. The van der Waals surface area contributed by atoms with E-state index < -0.39 is 0 Å². The molecule has 110 valence electrons. The van der Waals surface area contributed by atoms with Crippen LogP contribution in [0.4, 0.5) is 5.69 Å². The van der Waals surface area contributed by atoms with Crippen LogP contribution in [0.25, 0.3) is 0 Å². The number of rotatable bonds is 3. The summed E-state index contributed by atoms with van der Waals surface area (Å²) in [6.07, 6.45) is 0. The van der Waals surface area contributed by atoms with Crippen LogP contribution < -0.4 is 10.6 Å². The van der Waals surface area contributed by atoms with E-state index in [1.54, 1.807) is 0 Å². The topological polar surface area (TPSA) is 24.1 Å². The van der Waals surface area contributed by atoms with Gasteiger partial charge in [-0.2, -0.15) is 0 Å². The first kappa shape index (κ1) is 16.3. The van der Waals surface area contributed by atoms with E-state index in [0.717, 1.165) is 31.9 Å². The van der Waals surface area contributed by atoms with Gasteiger partial charge >= 0.3 is 0 Å². The molecule has 2 nitrogen and oxygen atoms in total. The van der Waals surface area contributed by atoms with Crippen molar-refractivity contribution in [3.63, 3.8) is 0 Å². The molecule has 2 rings (SSSR count). The highest BCUT2D eigenvalue weighted by atomic mass is 79.9. The highest BCUT2D eigenvalue weighted by Gasteiger charge is 2.06. The minimum absolute atomic E-state index is 0.610. The van der Waals surface area contributed by atoms with E-state index in [0.29, 0.717) is 11.7 Å². The molecule has 2 aromatic rings. The lowest BCUT2D eigenvalue weighted by Gasteiger charge is -2.15. The van der Waals surface area contributed by atoms with Gasteiger partial charge in [0.1, 0.15) is 0 Å². The quantitative estimate of drug-likeness (QED) is 0.712. The van der Waals surface area contributed by atoms with Crippen molar-refractivity contribution in [3.05, 3.63) is 62.6 Å². The summed E-state index contributed by atoms with van der Waals surface area (Å²) >= 11 is 14.7. The summed E-state index contributed by atoms with van der Waals surface area (Å²) in [5.41, 5.74) is 4.48. The summed E-state index contributed by atoms with van der Waals surface area (Å²) < 4.78 is 1.07. The zero-order valence-electron chi connectivity index (χ0n) is 11.8. The molecule has 21 heavy (non-hydrogen) atoms. The zero-order valence-corrected chi connectivity index (χ0v) is 15.0. The summed E-state index contributed by atoms with van der Waals surface area (Å²) in [6, 6.07) is 11.8. The SMILES string of the molecule is Cc1cc(Br)cc(C)c1NC(=S)NCc1ccc(Cl)cc1. The van der Waals surface area contributed by atoms with Crippen molar-refractivity contribution in [1.82, 2.24) is 5.32 Å². The van der Waals surface area contributed by atoms with E-state index in [2.05, 4.69) is 52.5 Å². The minimum atomic E-state index is 0.610. The summed E-state index contributed by atoms with van der Waals surface area (Å²) in [5, 5.41) is 7.81. The molecule has 0 aliphatic heterocycles. The Morgan fingerprint density at radius 3 is 2.29 bits per heavy atom. The molecule has 0 aliphatic rings. The van der Waals surface area contributed by atoms with E-state index in [9.17, 15) is 0 Å². The lowest BCUT2D eigenvalue weighted by Crippen LogP contribution is -2.28. The Morgan fingerprint density at radius 1 is 1.14 bits per heavy atom. The fourth-order valence-electron chi connectivity index (χ4n) is 2.05. The van der Waals surface area contributed by atoms with Crippen molar-refractivity contribution in [1.29, 1.82) is 0 Å². The predicted molar refractivity (Wildman–Crippen MR) is 98.1 cm³/mol. The van der Waals surface area contributed by atoms with Gasteiger partial charge in [-0.25, -0.2) is 0 Å². The number of anilines is 1. The molecule has 0 saturated heterocycles. The predicted octanol–water partition coefficient (Wildman–Crippen LogP) is 5.21. The third-order valence-corrected chi connectivity index (χ3v) is 4.06. The van der Waals surface area contributed by atoms with Gasteiger partial charge in [0.25, 0.3) is 0 Å². The molecule has 5 heteroatoms. The van der Waals surface area contributed by atoms with Crippen LogP contribution in [0.5, 0.6) is 0 Å². The van der Waals surface area contributed by atoms with Gasteiger partial charge in [-0.15, -0.1) is 0 Å². The third-order valence-electron chi connectivity index (χ3n) is 3.10. The maximum absolute atomic E-state index is 5.87. The average Bonchev–Trinajstić information content (AvgIpc) is 2.42. The number of hydrogen-bond acceptors (Lipinski definition) is 1. The fourth-order valence-corrected chi connectivity index (χ4v) is 3.04. The van der Waals surface area contributed by atoms with Gasteiger partial charge in [-0.3, -0.25) is 0 Å². The molecule has 0 heterocycles. The summed E-state index contributed by atoms with van der Waals surface area (Å²) in [6.45, 7) is 4.78. The molecule has 0 amide bonds. The van der Waals surface area contributed by atoms with E-state index in [1.165, 1.54) is 0 Å². The molecule has 0 spiro atoms. The molecule has 0 radical (unpaired) electrons. The van der Waals surface area contributed by atoms with Crippen LogP contribution in [0.1, 0.15) is 16.7 Å². The Hall–Kier alpha value is -1.10. The molecular formula is C16H16BrClN2S. The van der Waals surface area contributed by atoms with Gasteiger partial charge in [-0.05, 0) is 67.0 Å². The highest BCUT2D eigenvalue weighted by molar-refractivity contribution is 9.10. The van der Waals surface area contributed by atoms with Gasteiger partial charge in [-0.1, -0.05) is 39.7 Å². The summed E-state index contributed by atoms with van der Waals surface area (Å²) in [4.78, 5) is 0. The lowest BCUT2D eigenvalue weighted by atomic mass is 10.1. The molecule has 2 N–H and O–H groups in total. The normalized spacial score (nSPS) is 10.3. The van der Waals surface area contributed by atoms with Gasteiger partial charge < -0.3 is 10.6 Å². The first-order valence-electron chi connectivity index (χ1n) is 6.52. The van der Waals surface area contributed by atoms with Crippen LogP contribution in [0.2, 0.25) is 5.02 Å². The van der Waals surface area contributed by atoms with E-state index in [1.807, 2.05) is 24.3 Å². The smallest absolute Gasteiger partial charge is 0.171 e. The van der Waals surface area contributed by atoms with Crippen molar-refractivity contribution in [3.8, 4) is 0 Å². The molecule has 0 bridgehead atoms. The second kappa shape index (κ2) is 7.25. The standard InChI is InChI=1S/C16H16BrClN2S/c1-10-7-13(17)8-11(2)15(10)20-16(21)19-9-12-3-5-14(18)6-4-12/h3-8H,9H2,1-2H3,(H2,19,20,21). The van der Waals surface area contributed by atoms with Gasteiger partial charge in [0.2, 0.25) is 0 Å². The Morgan fingerprint density at radius 2 is 1.71 bits per heavy atom. The second-order valence-electron chi connectivity index (χ2n) is 4.85. The number of thiocarbonyl (C=S) groups is 1. The van der Waals surface area contributed by atoms with Crippen LogP contribution in [0, 0.1) is 13.8 Å². The van der Waals surface area contributed by atoms with Crippen LogP contribution in [0.3, 0.4) is 0 Å². The van der Waals surface area contributed by atoms with Crippen LogP contribution in [0.15, 0.2) is 40.9 Å². The first-order valence-corrected chi connectivity index (χ1v) is 8.09. The first-order chi connectivity index (χ1) is 9.95. The van der Waals surface area contributed by atoms with Gasteiger partial charge in [0.15, 0.2) is 5.11 Å². The number of benzene rings is 2. The number of halogens is 2. The molecule has 0 saturated carbocycles. The second-order valence-corrected chi connectivity index (χ2v) is 6.61. The number of nitrogens with one attached hydrogen (secondary N) is 2. The van der Waals surface area contributed by atoms with Gasteiger partial charge in [0, 0.05) is 21.7 Å². The van der Waals surface area contributed by atoms with E-state index in [-0.39, 0.29) is 0 Å². The Bertz CT molecular complexity index is 633. The van der Waals surface area contributed by atoms with Crippen LogP contribution in [-0.2, 0) is 6.54 Å². The molecule has 0 unspecified atom stereocenters. The van der Waals surface area contributed by atoms with Gasteiger partial charge in [0.05, 0.1) is 0 Å². The van der Waals surface area contributed by atoms with E-state index >= 15 is 0 Å². The monoisotopic (exact) mass is 382 g/mol. The van der Waals surface area contributed by atoms with Crippen molar-refractivity contribution >= 4 is 50.5 Å². The minimum Gasteiger partial charge on any atom is -0.358 e. The van der Waals surface area contributed by atoms with Crippen molar-refractivity contribution in [2.24, 2.45) is 0 Å². The lowest BCUT2D eigenvalue weighted by molar-refractivity contribution is 0.925. The average molecular weight is 384 g/mol.